The Morgan fingerprint density at radius 2 is 1.81 bits per heavy atom. The summed E-state index contributed by atoms with van der Waals surface area (Å²) in [7, 11) is -0.611. The first-order valence-corrected chi connectivity index (χ1v) is 22.8. The van der Waals surface area contributed by atoms with Crippen molar-refractivity contribution in [3.05, 3.63) is 47.2 Å². The van der Waals surface area contributed by atoms with Crippen LogP contribution in [0.15, 0.2) is 41.6 Å². The minimum atomic E-state index is -1.00. The summed E-state index contributed by atoms with van der Waals surface area (Å²) in [6.45, 7) is 14.5. The van der Waals surface area contributed by atoms with Crippen molar-refractivity contribution in [1.29, 1.82) is 5.26 Å². The van der Waals surface area contributed by atoms with E-state index in [2.05, 4.69) is 61.1 Å². The van der Waals surface area contributed by atoms with Crippen LogP contribution in [-0.2, 0) is 15.6 Å². The summed E-state index contributed by atoms with van der Waals surface area (Å²) < 4.78 is 17.8. The number of rotatable bonds is 9. The monoisotopic (exact) mass is 756 g/mol. The molecular formula is C45H64N4O4S. The average Bonchev–Trinajstić information content (AvgIpc) is 3.59. The van der Waals surface area contributed by atoms with Crippen LogP contribution in [0.2, 0.25) is 0 Å². The lowest BCUT2D eigenvalue weighted by Crippen LogP contribution is -2.64. The van der Waals surface area contributed by atoms with Gasteiger partial charge in [-0.05, 0) is 140 Å². The Hall–Kier alpha value is -2.54. The zero-order chi connectivity index (χ0) is 37.9. The van der Waals surface area contributed by atoms with Gasteiger partial charge in [0.25, 0.3) is 0 Å². The number of hydrogen-bond acceptors (Lipinski definition) is 7. The molecule has 1 aliphatic heterocycles. The van der Waals surface area contributed by atoms with Crippen molar-refractivity contribution in [2.75, 3.05) is 44.3 Å². The van der Waals surface area contributed by atoms with Crippen molar-refractivity contribution in [3.63, 3.8) is 0 Å². The quantitative estimate of drug-likeness (QED) is 0.261. The lowest BCUT2D eigenvalue weighted by Gasteiger charge is -2.68. The summed E-state index contributed by atoms with van der Waals surface area (Å²) in [5, 5.41) is 23.9. The first-order valence-electron chi connectivity index (χ1n) is 21.3. The highest BCUT2D eigenvalue weighted by Crippen LogP contribution is 2.72. The number of aliphatic carboxylic acids is 1. The van der Waals surface area contributed by atoms with E-state index in [4.69, 9.17) is 4.74 Å². The van der Waals surface area contributed by atoms with Crippen molar-refractivity contribution in [2.45, 2.75) is 117 Å². The molecule has 9 atom stereocenters. The Morgan fingerprint density at radius 3 is 2.56 bits per heavy atom. The van der Waals surface area contributed by atoms with Gasteiger partial charge in [-0.2, -0.15) is 5.26 Å². The average molecular weight is 757 g/mol. The summed E-state index contributed by atoms with van der Waals surface area (Å²) in [6.07, 6.45) is 21.3. The molecule has 0 radical (unpaired) electrons. The molecule has 0 aromatic carbocycles. The van der Waals surface area contributed by atoms with Crippen LogP contribution >= 0.6 is 0 Å². The third-order valence-corrected chi connectivity index (χ3v) is 18.3. The lowest BCUT2D eigenvalue weighted by atomic mass is 9.37. The second-order valence-corrected chi connectivity index (χ2v) is 21.4. The summed E-state index contributed by atoms with van der Waals surface area (Å²) in [5.41, 5.74) is 3.26. The SMILES string of the molecule is CC1(C)C(C2=CCC(COc3cc(C#N)ccn3)(C(=O)O)CC2)=CCC2(C)C1CCC1(C)C3CCC4(NCCN5CCS(=O)CC5)CCC[C@@H]4C3CCC12. The second-order valence-electron chi connectivity index (χ2n) is 19.7. The van der Waals surface area contributed by atoms with Crippen molar-refractivity contribution in [1.82, 2.24) is 15.2 Å². The Morgan fingerprint density at radius 1 is 1.00 bits per heavy atom. The van der Waals surface area contributed by atoms with Crippen LogP contribution < -0.4 is 10.1 Å². The minimum Gasteiger partial charge on any atom is -0.481 e. The van der Waals surface area contributed by atoms with E-state index in [1.807, 2.05) is 0 Å². The van der Waals surface area contributed by atoms with Crippen LogP contribution in [0.1, 0.15) is 117 Å². The fraction of sp³-hybridized carbons (Fsp3) is 0.756. The highest BCUT2D eigenvalue weighted by Gasteiger charge is 2.65. The van der Waals surface area contributed by atoms with E-state index >= 15 is 0 Å². The van der Waals surface area contributed by atoms with Gasteiger partial charge in [0, 0.05) is 66.3 Å². The topological polar surface area (TPSA) is 116 Å². The van der Waals surface area contributed by atoms with E-state index in [0.29, 0.717) is 41.2 Å². The highest BCUT2D eigenvalue weighted by atomic mass is 32.2. The largest absolute Gasteiger partial charge is 0.481 e. The van der Waals surface area contributed by atoms with Crippen LogP contribution in [0, 0.1) is 62.6 Å². The molecule has 1 saturated heterocycles. The van der Waals surface area contributed by atoms with Gasteiger partial charge < -0.3 is 20.1 Å². The van der Waals surface area contributed by atoms with Crippen LogP contribution in [0.4, 0.5) is 0 Å². The molecular weight excluding hydrogens is 693 g/mol. The molecule has 1 aromatic rings. The van der Waals surface area contributed by atoms with Crippen LogP contribution in [0.5, 0.6) is 5.88 Å². The van der Waals surface area contributed by atoms with E-state index in [9.17, 15) is 19.4 Å². The molecule has 1 aromatic heterocycles. The van der Waals surface area contributed by atoms with Crippen molar-refractivity contribution in [2.24, 2.45) is 51.2 Å². The molecule has 0 amide bonds. The smallest absolute Gasteiger partial charge is 0.313 e. The normalized spacial score (nSPS) is 40.5. The van der Waals surface area contributed by atoms with Crippen LogP contribution in [-0.4, -0.2) is 75.0 Å². The molecule has 54 heavy (non-hydrogen) atoms. The van der Waals surface area contributed by atoms with Gasteiger partial charge in [0.15, 0.2) is 0 Å². The summed E-state index contributed by atoms with van der Waals surface area (Å²) in [5.74, 6) is 4.97. The molecule has 0 spiro atoms. The van der Waals surface area contributed by atoms with E-state index in [-0.39, 0.29) is 17.4 Å². The van der Waals surface area contributed by atoms with Gasteiger partial charge in [-0.25, -0.2) is 4.98 Å². The third kappa shape index (κ3) is 6.42. The van der Waals surface area contributed by atoms with Gasteiger partial charge in [-0.1, -0.05) is 46.3 Å². The van der Waals surface area contributed by atoms with Gasteiger partial charge in [-0.3, -0.25) is 9.00 Å². The first-order chi connectivity index (χ1) is 25.8. The van der Waals surface area contributed by atoms with E-state index in [1.54, 1.807) is 12.1 Å². The van der Waals surface area contributed by atoms with E-state index in [0.717, 1.165) is 74.2 Å². The summed E-state index contributed by atoms with van der Waals surface area (Å²) in [6, 6.07) is 5.30. The number of allylic oxidation sites excluding steroid dienone is 4. The van der Waals surface area contributed by atoms with E-state index < -0.39 is 22.2 Å². The fourth-order valence-electron chi connectivity index (χ4n) is 14.3. The maximum Gasteiger partial charge on any atom is 0.313 e. The van der Waals surface area contributed by atoms with Crippen molar-refractivity contribution < 1.29 is 18.8 Å². The molecule has 294 valence electrons. The molecule has 8 rings (SSSR count). The zero-order valence-corrected chi connectivity index (χ0v) is 34.2. The Kier molecular flexibility index (Phi) is 10.3. The van der Waals surface area contributed by atoms with Gasteiger partial charge in [0.1, 0.15) is 12.0 Å². The highest BCUT2D eigenvalue weighted by molar-refractivity contribution is 7.85. The maximum atomic E-state index is 12.7. The van der Waals surface area contributed by atoms with Crippen LogP contribution in [0.3, 0.4) is 0 Å². The number of nitrogens with one attached hydrogen (secondary N) is 1. The molecule has 4 saturated carbocycles. The second kappa shape index (κ2) is 14.4. The minimum absolute atomic E-state index is 0.0267. The molecule has 0 bridgehead atoms. The first kappa shape index (κ1) is 38.3. The van der Waals surface area contributed by atoms with Gasteiger partial charge in [-0.15, -0.1) is 0 Å². The number of pyridine rings is 1. The molecule has 5 fully saturated rings. The molecule has 8 unspecified atom stereocenters. The standard InChI is InChI=1S/C45H64N4O4S/c1-41(2)34(32-9-18-44(19-10-32,40(50)51)30-53-39-28-31(29-46)14-21-47-39)11-16-43(4)37(41)13-17-42(3)35-12-20-45(48-22-23-49-24-26-54(52)27-25-49)15-5-6-36(45)33(35)7-8-38(42)43/h9,11,14,21,28,33,35-38,48H,5-8,10,12-13,15-20,22-27,30H2,1-4H3,(H,50,51)/t33?,35?,36-,37?,38?,42?,43?,44?,45?/m1/s1. The molecule has 8 nitrogen and oxygen atoms in total. The number of ether oxygens (including phenoxy) is 1. The number of carboxylic acid groups (broad SMARTS) is 1. The maximum absolute atomic E-state index is 12.7. The molecule has 6 aliphatic carbocycles. The number of hydrogen-bond donors (Lipinski definition) is 2. The number of fused-ring (bicyclic) bond motifs is 7. The Bertz CT molecular complexity index is 1740. The number of aromatic nitrogens is 1. The Labute approximate surface area is 326 Å². The van der Waals surface area contributed by atoms with Crippen LogP contribution in [0.25, 0.3) is 0 Å². The van der Waals surface area contributed by atoms with Crippen molar-refractivity contribution >= 4 is 16.8 Å². The fourth-order valence-corrected chi connectivity index (χ4v) is 15.5. The summed E-state index contributed by atoms with van der Waals surface area (Å²) >= 11 is 0. The molecule has 9 heteroatoms. The van der Waals surface area contributed by atoms with Gasteiger partial charge in [0.05, 0.1) is 11.6 Å². The molecule has 2 heterocycles. The predicted octanol–water partition coefficient (Wildman–Crippen LogP) is 7.92. The Balaban J connectivity index is 0.958. The number of nitrogens with zero attached hydrogens (tertiary/aromatic N) is 3. The predicted molar refractivity (Wildman–Crippen MR) is 213 cm³/mol. The third-order valence-electron chi connectivity index (χ3n) is 17.0. The van der Waals surface area contributed by atoms with E-state index in [1.165, 1.54) is 75.1 Å². The lowest BCUT2D eigenvalue weighted by molar-refractivity contribution is -0.175. The molecule has 7 aliphatic rings. The zero-order valence-electron chi connectivity index (χ0n) is 33.3. The molecule has 2 N–H and O–H groups in total. The number of carboxylic acids is 1. The number of nitriles is 1. The number of carbonyl (C=O) groups is 1. The van der Waals surface area contributed by atoms with Crippen molar-refractivity contribution in [3.8, 4) is 11.9 Å². The van der Waals surface area contributed by atoms with Gasteiger partial charge >= 0.3 is 5.97 Å². The summed E-state index contributed by atoms with van der Waals surface area (Å²) in [4.78, 5) is 19.4. The van der Waals surface area contributed by atoms with Gasteiger partial charge in [0.2, 0.25) is 5.88 Å².